The summed E-state index contributed by atoms with van der Waals surface area (Å²) in [5.74, 6) is -2.14. The van der Waals surface area contributed by atoms with E-state index in [1.54, 1.807) is 19.1 Å². The molecule has 0 aliphatic carbocycles. The van der Waals surface area contributed by atoms with Gasteiger partial charge in [0, 0.05) is 5.56 Å². The summed E-state index contributed by atoms with van der Waals surface area (Å²) in [6.07, 6.45) is 0.938. The SMILES string of the molecule is CCOC(=O)/C(F)=C/c1ccccc1O. The van der Waals surface area contributed by atoms with Crippen LogP contribution in [0.2, 0.25) is 0 Å². The van der Waals surface area contributed by atoms with Gasteiger partial charge in [0.05, 0.1) is 6.61 Å². The number of para-hydroxylation sites is 1. The van der Waals surface area contributed by atoms with Crippen molar-refractivity contribution >= 4 is 12.0 Å². The largest absolute Gasteiger partial charge is 0.507 e. The molecule has 1 aromatic rings. The second kappa shape index (κ2) is 5.14. The van der Waals surface area contributed by atoms with Crippen molar-refractivity contribution in [3.8, 4) is 5.75 Å². The smallest absolute Gasteiger partial charge is 0.367 e. The maximum absolute atomic E-state index is 13.1. The molecule has 1 rings (SSSR count). The Labute approximate surface area is 86.8 Å². The van der Waals surface area contributed by atoms with Crippen LogP contribution in [0.15, 0.2) is 30.1 Å². The highest BCUT2D eigenvalue weighted by atomic mass is 19.1. The molecule has 3 nitrogen and oxygen atoms in total. The van der Waals surface area contributed by atoms with Crippen LogP contribution in [0.1, 0.15) is 12.5 Å². The number of halogens is 1. The summed E-state index contributed by atoms with van der Waals surface area (Å²) in [6, 6.07) is 6.14. The zero-order valence-corrected chi connectivity index (χ0v) is 8.24. The highest BCUT2D eigenvalue weighted by Gasteiger charge is 2.10. The highest BCUT2D eigenvalue weighted by Crippen LogP contribution is 2.19. The van der Waals surface area contributed by atoms with Crippen LogP contribution in [0.4, 0.5) is 4.39 Å². The van der Waals surface area contributed by atoms with Gasteiger partial charge in [0.25, 0.3) is 0 Å². The Morgan fingerprint density at radius 1 is 1.53 bits per heavy atom. The van der Waals surface area contributed by atoms with Gasteiger partial charge in [-0.25, -0.2) is 4.79 Å². The average Bonchev–Trinajstić information content (AvgIpc) is 2.21. The molecule has 80 valence electrons. The van der Waals surface area contributed by atoms with E-state index in [2.05, 4.69) is 4.74 Å². The Balaban J connectivity index is 2.88. The standard InChI is InChI=1S/C11H11FO3/c1-2-15-11(14)9(12)7-8-5-3-4-6-10(8)13/h3-7,13H,2H2,1H3/b9-7-. The van der Waals surface area contributed by atoms with Crippen molar-refractivity contribution in [2.75, 3.05) is 6.61 Å². The molecule has 1 aromatic carbocycles. The maximum atomic E-state index is 13.1. The minimum absolute atomic E-state index is 0.0862. The molecule has 0 radical (unpaired) electrons. The van der Waals surface area contributed by atoms with Crippen molar-refractivity contribution in [3.63, 3.8) is 0 Å². The molecule has 0 spiro atoms. The van der Waals surface area contributed by atoms with E-state index in [4.69, 9.17) is 0 Å². The Hall–Kier alpha value is -1.84. The number of carbonyl (C=O) groups is 1. The fourth-order valence-corrected chi connectivity index (χ4v) is 1.01. The Morgan fingerprint density at radius 2 is 2.20 bits per heavy atom. The number of aromatic hydroxyl groups is 1. The maximum Gasteiger partial charge on any atom is 0.367 e. The van der Waals surface area contributed by atoms with Gasteiger partial charge in [-0.05, 0) is 19.1 Å². The quantitative estimate of drug-likeness (QED) is 0.614. The monoisotopic (exact) mass is 210 g/mol. The van der Waals surface area contributed by atoms with Crippen LogP contribution in [0.5, 0.6) is 5.75 Å². The lowest BCUT2D eigenvalue weighted by Gasteiger charge is -2.00. The Bertz CT molecular complexity index is 385. The van der Waals surface area contributed by atoms with E-state index in [0.29, 0.717) is 0 Å². The first-order chi connectivity index (χ1) is 7.15. The molecular formula is C11H11FO3. The van der Waals surface area contributed by atoms with Crippen molar-refractivity contribution in [2.24, 2.45) is 0 Å². The van der Waals surface area contributed by atoms with Crippen LogP contribution in [0, 0.1) is 0 Å². The number of ether oxygens (including phenoxy) is 1. The number of rotatable bonds is 3. The fraction of sp³-hybridized carbons (Fsp3) is 0.182. The molecule has 0 bridgehead atoms. The van der Waals surface area contributed by atoms with Gasteiger partial charge in [-0.2, -0.15) is 4.39 Å². The van der Waals surface area contributed by atoms with Crippen molar-refractivity contribution in [1.82, 2.24) is 0 Å². The minimum Gasteiger partial charge on any atom is -0.507 e. The van der Waals surface area contributed by atoms with Gasteiger partial charge in [-0.3, -0.25) is 0 Å². The summed E-state index contributed by atoms with van der Waals surface area (Å²) in [4.78, 5) is 10.9. The van der Waals surface area contributed by atoms with E-state index < -0.39 is 11.8 Å². The molecule has 0 saturated carbocycles. The molecule has 0 saturated heterocycles. The molecule has 0 aliphatic rings. The summed E-state index contributed by atoms with van der Waals surface area (Å²) in [5, 5.41) is 9.31. The summed E-state index contributed by atoms with van der Waals surface area (Å²) in [5.41, 5.74) is 0.239. The second-order valence-electron chi connectivity index (χ2n) is 2.77. The summed E-state index contributed by atoms with van der Waals surface area (Å²) in [7, 11) is 0. The fourth-order valence-electron chi connectivity index (χ4n) is 1.01. The van der Waals surface area contributed by atoms with Crippen LogP contribution >= 0.6 is 0 Å². The molecule has 15 heavy (non-hydrogen) atoms. The number of benzene rings is 1. The second-order valence-corrected chi connectivity index (χ2v) is 2.77. The first-order valence-corrected chi connectivity index (χ1v) is 4.47. The van der Waals surface area contributed by atoms with Crippen LogP contribution in [0.25, 0.3) is 6.08 Å². The van der Waals surface area contributed by atoms with E-state index in [1.807, 2.05) is 0 Å². The normalized spacial score (nSPS) is 11.2. The van der Waals surface area contributed by atoms with E-state index >= 15 is 0 Å². The number of phenols is 1. The third kappa shape index (κ3) is 3.09. The molecular weight excluding hydrogens is 199 g/mol. The van der Waals surface area contributed by atoms with Crippen molar-refractivity contribution < 1.29 is 19.0 Å². The topological polar surface area (TPSA) is 46.5 Å². The predicted molar refractivity (Wildman–Crippen MR) is 53.8 cm³/mol. The molecule has 0 unspecified atom stereocenters. The van der Waals surface area contributed by atoms with Crippen LogP contribution in [-0.2, 0) is 9.53 Å². The number of hydrogen-bond acceptors (Lipinski definition) is 3. The van der Waals surface area contributed by atoms with Gasteiger partial charge in [0.2, 0.25) is 5.83 Å². The number of carbonyl (C=O) groups excluding carboxylic acids is 1. The first kappa shape index (κ1) is 11.2. The van der Waals surface area contributed by atoms with Crippen molar-refractivity contribution in [1.29, 1.82) is 0 Å². The van der Waals surface area contributed by atoms with E-state index in [0.717, 1.165) is 6.08 Å². The zero-order chi connectivity index (χ0) is 11.3. The summed E-state index contributed by atoms with van der Waals surface area (Å²) >= 11 is 0. The van der Waals surface area contributed by atoms with Crippen LogP contribution < -0.4 is 0 Å². The number of hydrogen-bond donors (Lipinski definition) is 1. The Kier molecular flexibility index (Phi) is 3.85. The molecule has 0 aromatic heterocycles. The third-order valence-electron chi connectivity index (χ3n) is 1.69. The molecule has 0 heterocycles. The van der Waals surface area contributed by atoms with Gasteiger partial charge in [-0.1, -0.05) is 18.2 Å². The van der Waals surface area contributed by atoms with E-state index in [-0.39, 0.29) is 17.9 Å². The van der Waals surface area contributed by atoms with Gasteiger partial charge in [0.1, 0.15) is 5.75 Å². The molecule has 0 aliphatic heterocycles. The predicted octanol–water partition coefficient (Wildman–Crippen LogP) is 2.27. The lowest BCUT2D eigenvalue weighted by Crippen LogP contribution is -2.03. The number of phenolic OH excluding ortho intramolecular Hbond substituents is 1. The van der Waals surface area contributed by atoms with Crippen LogP contribution in [-0.4, -0.2) is 17.7 Å². The summed E-state index contributed by atoms with van der Waals surface area (Å²) in [6.45, 7) is 1.70. The van der Waals surface area contributed by atoms with Crippen LogP contribution in [0.3, 0.4) is 0 Å². The van der Waals surface area contributed by atoms with Crippen molar-refractivity contribution in [2.45, 2.75) is 6.92 Å². The van der Waals surface area contributed by atoms with E-state index in [1.165, 1.54) is 12.1 Å². The lowest BCUT2D eigenvalue weighted by atomic mass is 10.2. The summed E-state index contributed by atoms with van der Waals surface area (Å²) < 4.78 is 17.6. The van der Waals surface area contributed by atoms with Gasteiger partial charge < -0.3 is 9.84 Å². The lowest BCUT2D eigenvalue weighted by molar-refractivity contribution is -0.140. The van der Waals surface area contributed by atoms with Gasteiger partial charge in [-0.15, -0.1) is 0 Å². The molecule has 0 atom stereocenters. The molecule has 0 fully saturated rings. The highest BCUT2D eigenvalue weighted by molar-refractivity contribution is 5.91. The van der Waals surface area contributed by atoms with Gasteiger partial charge >= 0.3 is 5.97 Å². The minimum atomic E-state index is -1.03. The van der Waals surface area contributed by atoms with E-state index in [9.17, 15) is 14.3 Å². The molecule has 4 heteroatoms. The van der Waals surface area contributed by atoms with Gasteiger partial charge in [0.15, 0.2) is 0 Å². The van der Waals surface area contributed by atoms with Crippen molar-refractivity contribution in [3.05, 3.63) is 35.7 Å². The average molecular weight is 210 g/mol. The molecule has 0 amide bonds. The Morgan fingerprint density at radius 3 is 2.80 bits per heavy atom. The number of esters is 1. The zero-order valence-electron chi connectivity index (χ0n) is 8.24. The molecule has 1 N–H and O–H groups in total. The first-order valence-electron chi connectivity index (χ1n) is 4.47. The third-order valence-corrected chi connectivity index (χ3v) is 1.69.